The summed E-state index contributed by atoms with van der Waals surface area (Å²) in [6.45, 7) is 4.78. The summed E-state index contributed by atoms with van der Waals surface area (Å²) in [6, 6.07) is 26.9. The van der Waals surface area contributed by atoms with Gasteiger partial charge in [-0.3, -0.25) is 14.9 Å². The molecule has 5 rings (SSSR count). The molecule has 0 amide bonds. The molecule has 0 radical (unpaired) electrons. The number of Topliss-reactive ketones (excluding diaryl/α,β-unsaturated/α-hetero) is 1. The molecule has 34 heavy (non-hydrogen) atoms. The lowest BCUT2D eigenvalue weighted by Gasteiger charge is -2.51. The summed E-state index contributed by atoms with van der Waals surface area (Å²) in [5.74, 6) is 0.190. The molecule has 0 saturated heterocycles. The van der Waals surface area contributed by atoms with Crippen molar-refractivity contribution in [2.75, 3.05) is 16.3 Å². The van der Waals surface area contributed by atoms with Crippen molar-refractivity contribution in [3.63, 3.8) is 0 Å². The maximum atomic E-state index is 13.4. The number of para-hydroxylation sites is 2. The first-order valence-corrected chi connectivity index (χ1v) is 11.5. The van der Waals surface area contributed by atoms with E-state index >= 15 is 0 Å². The van der Waals surface area contributed by atoms with Crippen LogP contribution in [-0.2, 0) is 4.79 Å². The number of benzene rings is 3. The molecule has 1 unspecified atom stereocenters. The van der Waals surface area contributed by atoms with Gasteiger partial charge in [0.15, 0.2) is 5.78 Å². The smallest absolute Gasteiger partial charge is 0.269 e. The minimum absolute atomic E-state index is 0.0611. The van der Waals surface area contributed by atoms with Crippen LogP contribution in [0.15, 0.2) is 96.2 Å². The molecule has 172 valence electrons. The lowest BCUT2D eigenvalue weighted by Crippen LogP contribution is -2.51. The van der Waals surface area contributed by atoms with Crippen molar-refractivity contribution in [2.45, 2.75) is 32.9 Å². The van der Waals surface area contributed by atoms with Gasteiger partial charge in [0.25, 0.3) is 5.69 Å². The Bertz CT molecular complexity index is 1250. The molecule has 6 nitrogen and oxygen atoms in total. The summed E-state index contributed by atoms with van der Waals surface area (Å²) in [5.41, 5.74) is 4.73. The first-order chi connectivity index (χ1) is 16.3. The fourth-order valence-corrected chi connectivity index (χ4v) is 5.11. The third-order valence-electron chi connectivity index (χ3n) is 6.65. The molecule has 0 N–H and O–H groups in total. The molecule has 3 aromatic rings. The van der Waals surface area contributed by atoms with Crippen molar-refractivity contribution in [3.8, 4) is 0 Å². The van der Waals surface area contributed by atoms with Gasteiger partial charge in [0.2, 0.25) is 0 Å². The number of hydrogen-bond donors (Lipinski definition) is 0. The summed E-state index contributed by atoms with van der Waals surface area (Å²) in [7, 11) is 0. The van der Waals surface area contributed by atoms with Crippen LogP contribution in [0.5, 0.6) is 0 Å². The molecular formula is C28H27N3O3. The minimum atomic E-state index is -0.377. The van der Waals surface area contributed by atoms with Gasteiger partial charge in [-0.25, -0.2) is 0 Å². The fourth-order valence-electron chi connectivity index (χ4n) is 5.11. The van der Waals surface area contributed by atoms with Gasteiger partial charge < -0.3 is 9.80 Å². The largest absolute Gasteiger partial charge is 0.342 e. The Balaban J connectivity index is 1.74. The topological polar surface area (TPSA) is 66.7 Å². The second-order valence-electron chi connectivity index (χ2n) is 9.76. The minimum Gasteiger partial charge on any atom is -0.342 e. The highest BCUT2D eigenvalue weighted by atomic mass is 16.6. The Kier molecular flexibility index (Phi) is 5.44. The van der Waals surface area contributed by atoms with Gasteiger partial charge in [-0.15, -0.1) is 0 Å². The summed E-state index contributed by atoms with van der Waals surface area (Å²) in [4.78, 5) is 28.8. The van der Waals surface area contributed by atoms with Crippen LogP contribution in [0, 0.1) is 15.5 Å². The van der Waals surface area contributed by atoms with Crippen LogP contribution in [0.25, 0.3) is 0 Å². The maximum absolute atomic E-state index is 13.4. The number of nitrogens with zero attached hydrogens (tertiary/aromatic N) is 3. The lowest BCUT2D eigenvalue weighted by atomic mass is 9.74. The van der Waals surface area contributed by atoms with Crippen molar-refractivity contribution in [1.82, 2.24) is 0 Å². The predicted molar refractivity (Wildman–Crippen MR) is 134 cm³/mol. The molecule has 1 aliphatic carbocycles. The van der Waals surface area contributed by atoms with E-state index in [-0.39, 0.29) is 28.0 Å². The van der Waals surface area contributed by atoms with E-state index in [4.69, 9.17) is 0 Å². The van der Waals surface area contributed by atoms with Crippen molar-refractivity contribution < 1.29 is 9.72 Å². The van der Waals surface area contributed by atoms with Gasteiger partial charge in [0.05, 0.1) is 11.5 Å². The van der Waals surface area contributed by atoms with E-state index < -0.39 is 0 Å². The zero-order chi connectivity index (χ0) is 23.9. The molecule has 0 bridgehead atoms. The Morgan fingerprint density at radius 3 is 2.03 bits per heavy atom. The van der Waals surface area contributed by atoms with Crippen LogP contribution in [0.3, 0.4) is 0 Å². The Morgan fingerprint density at radius 2 is 1.44 bits per heavy atom. The van der Waals surface area contributed by atoms with Gasteiger partial charge in [-0.1, -0.05) is 50.2 Å². The van der Waals surface area contributed by atoms with Crippen molar-refractivity contribution in [2.24, 2.45) is 5.41 Å². The fraction of sp³-hybridized carbons (Fsp3) is 0.250. The standard InChI is InChI=1S/C28H27N3O3/c1-28(2)17-25-24(26(32)18-28)19-29(21-9-5-3-6-10-21)27(30(25)22-11-7-4-8-12-22)20-13-15-23(16-14-20)31(33)34/h3-16,27H,17-19H2,1-2H3. The third kappa shape index (κ3) is 3.96. The third-order valence-corrected chi connectivity index (χ3v) is 6.65. The SMILES string of the molecule is CC1(C)CC(=O)C2=C(C1)N(c1ccccc1)C(c1ccc([N+](=O)[O-])cc1)N(c1ccccc1)C2. The highest BCUT2D eigenvalue weighted by Gasteiger charge is 2.43. The molecule has 1 heterocycles. The number of rotatable bonds is 4. The van der Waals surface area contributed by atoms with E-state index in [1.54, 1.807) is 12.1 Å². The highest BCUT2D eigenvalue weighted by molar-refractivity contribution is 6.00. The number of carbonyl (C=O) groups is 1. The molecule has 1 atom stereocenters. The zero-order valence-corrected chi connectivity index (χ0v) is 19.3. The Morgan fingerprint density at radius 1 is 0.853 bits per heavy atom. The Labute approximate surface area is 199 Å². The van der Waals surface area contributed by atoms with Gasteiger partial charge in [-0.2, -0.15) is 0 Å². The molecule has 0 saturated carbocycles. The summed E-state index contributed by atoms with van der Waals surface area (Å²) in [5, 5.41) is 11.3. The van der Waals surface area contributed by atoms with E-state index in [0.29, 0.717) is 13.0 Å². The van der Waals surface area contributed by atoms with Gasteiger partial charge in [0.1, 0.15) is 6.17 Å². The first kappa shape index (κ1) is 21.9. The molecule has 2 aliphatic rings. The molecule has 0 aromatic heterocycles. The molecular weight excluding hydrogens is 426 g/mol. The monoisotopic (exact) mass is 453 g/mol. The molecule has 0 spiro atoms. The van der Waals surface area contributed by atoms with Gasteiger partial charge >= 0.3 is 0 Å². The Hall–Kier alpha value is -3.93. The number of nitro benzene ring substituents is 1. The number of nitro groups is 1. The first-order valence-electron chi connectivity index (χ1n) is 11.5. The van der Waals surface area contributed by atoms with Crippen LogP contribution >= 0.6 is 0 Å². The van der Waals surface area contributed by atoms with Crippen molar-refractivity contribution in [3.05, 3.63) is 112 Å². The van der Waals surface area contributed by atoms with Crippen LogP contribution in [0.4, 0.5) is 17.1 Å². The number of ketones is 1. The number of allylic oxidation sites excluding steroid dienone is 1. The van der Waals surface area contributed by atoms with Crippen LogP contribution in [-0.4, -0.2) is 17.3 Å². The van der Waals surface area contributed by atoms with Crippen LogP contribution in [0.2, 0.25) is 0 Å². The maximum Gasteiger partial charge on any atom is 0.269 e. The normalized spacial score (nSPS) is 19.7. The quantitative estimate of drug-likeness (QED) is 0.344. The lowest BCUT2D eigenvalue weighted by molar-refractivity contribution is -0.384. The number of non-ortho nitro benzene ring substituents is 1. The predicted octanol–water partition coefficient (Wildman–Crippen LogP) is 6.26. The highest BCUT2D eigenvalue weighted by Crippen LogP contribution is 2.48. The number of carbonyl (C=O) groups excluding carboxylic acids is 1. The summed E-state index contributed by atoms with van der Waals surface area (Å²) < 4.78 is 0. The average molecular weight is 454 g/mol. The molecule has 3 aromatic carbocycles. The molecule has 0 fully saturated rings. The number of hydrogen-bond acceptors (Lipinski definition) is 5. The van der Waals surface area contributed by atoms with E-state index in [9.17, 15) is 14.9 Å². The van der Waals surface area contributed by atoms with Crippen molar-refractivity contribution >= 4 is 22.8 Å². The van der Waals surface area contributed by atoms with Crippen LogP contribution in [0.1, 0.15) is 38.4 Å². The second kappa shape index (κ2) is 8.45. The summed E-state index contributed by atoms with van der Waals surface area (Å²) in [6.07, 6.45) is 1.06. The van der Waals surface area contributed by atoms with E-state index in [1.807, 2.05) is 60.7 Å². The molecule has 1 aliphatic heterocycles. The van der Waals surface area contributed by atoms with E-state index in [2.05, 4.69) is 35.8 Å². The summed E-state index contributed by atoms with van der Waals surface area (Å²) >= 11 is 0. The van der Waals surface area contributed by atoms with Crippen molar-refractivity contribution in [1.29, 1.82) is 0 Å². The second-order valence-corrected chi connectivity index (χ2v) is 9.76. The van der Waals surface area contributed by atoms with Crippen LogP contribution < -0.4 is 9.80 Å². The average Bonchev–Trinajstić information content (AvgIpc) is 2.83. The van der Waals surface area contributed by atoms with Gasteiger partial charge in [-0.05, 0) is 53.8 Å². The molecule has 6 heteroatoms. The number of anilines is 2. The zero-order valence-electron chi connectivity index (χ0n) is 19.3. The van der Waals surface area contributed by atoms with E-state index in [0.717, 1.165) is 34.6 Å². The van der Waals surface area contributed by atoms with E-state index in [1.165, 1.54) is 0 Å². The van der Waals surface area contributed by atoms with Gasteiger partial charge in [0, 0.05) is 41.2 Å².